The lowest BCUT2D eigenvalue weighted by Gasteiger charge is -2.37. The maximum atomic E-state index is 12.7. The lowest BCUT2D eigenvalue weighted by Crippen LogP contribution is -2.37. The highest BCUT2D eigenvalue weighted by Gasteiger charge is 2.30. The first-order valence-corrected chi connectivity index (χ1v) is 10.0. The largest absolute Gasteiger partial charge is 0.494 e. The second-order valence-corrected chi connectivity index (χ2v) is 7.40. The molecule has 0 amide bonds. The molecule has 1 aliphatic rings. The van der Waals surface area contributed by atoms with Gasteiger partial charge in [0, 0.05) is 25.5 Å². The second kappa shape index (κ2) is 8.88. The Morgan fingerprint density at radius 3 is 2.53 bits per heavy atom. The van der Waals surface area contributed by atoms with Crippen LogP contribution in [0.2, 0.25) is 0 Å². The molecule has 1 aliphatic heterocycles. The molecular weight excluding hydrogens is 389 g/mol. The molecule has 0 saturated carbocycles. The SMILES string of the molecule is FC(F)(F)c1ccc(OCCCN2CCc3ccccc3C2c2cccnc2)cc1. The van der Waals surface area contributed by atoms with E-state index in [1.165, 1.54) is 23.3 Å². The number of fused-ring (bicyclic) bond motifs is 1. The van der Waals surface area contributed by atoms with Crippen molar-refractivity contribution in [3.8, 4) is 5.75 Å². The van der Waals surface area contributed by atoms with Crippen molar-refractivity contribution in [3.05, 3.63) is 95.3 Å². The summed E-state index contributed by atoms with van der Waals surface area (Å²) in [4.78, 5) is 6.72. The minimum atomic E-state index is -4.33. The third-order valence-electron chi connectivity index (χ3n) is 5.42. The molecule has 156 valence electrons. The number of alkyl halides is 3. The van der Waals surface area contributed by atoms with E-state index in [1.54, 1.807) is 6.20 Å². The van der Waals surface area contributed by atoms with Gasteiger partial charge in [0.05, 0.1) is 18.2 Å². The van der Waals surface area contributed by atoms with Crippen molar-refractivity contribution in [2.75, 3.05) is 19.7 Å². The average Bonchev–Trinajstić information content (AvgIpc) is 2.76. The van der Waals surface area contributed by atoms with Gasteiger partial charge in [-0.05, 0) is 59.9 Å². The molecule has 30 heavy (non-hydrogen) atoms. The Morgan fingerprint density at radius 2 is 1.80 bits per heavy atom. The Labute approximate surface area is 174 Å². The lowest BCUT2D eigenvalue weighted by molar-refractivity contribution is -0.137. The van der Waals surface area contributed by atoms with E-state index in [2.05, 4.69) is 40.2 Å². The number of aromatic nitrogens is 1. The van der Waals surface area contributed by atoms with Crippen LogP contribution in [0, 0.1) is 0 Å². The highest BCUT2D eigenvalue weighted by Crippen LogP contribution is 2.35. The fourth-order valence-electron chi connectivity index (χ4n) is 3.99. The van der Waals surface area contributed by atoms with Crippen LogP contribution >= 0.6 is 0 Å². The number of ether oxygens (including phenoxy) is 1. The summed E-state index contributed by atoms with van der Waals surface area (Å²) in [6, 6.07) is 17.6. The quantitative estimate of drug-likeness (QED) is 0.499. The molecule has 2 aromatic carbocycles. The Kier molecular flexibility index (Phi) is 6.04. The van der Waals surface area contributed by atoms with E-state index in [0.29, 0.717) is 12.4 Å². The minimum Gasteiger partial charge on any atom is -0.494 e. The van der Waals surface area contributed by atoms with Crippen LogP contribution in [-0.4, -0.2) is 29.6 Å². The molecule has 3 aromatic rings. The lowest BCUT2D eigenvalue weighted by atomic mass is 9.89. The van der Waals surface area contributed by atoms with Crippen LogP contribution in [0.1, 0.15) is 34.7 Å². The molecule has 0 spiro atoms. The molecule has 0 fully saturated rings. The standard InChI is InChI=1S/C24H23F3N2O/c25-24(26,27)20-8-10-21(11-9-20)30-16-4-14-29-15-12-18-5-1-2-7-22(18)23(29)19-6-3-13-28-17-19/h1-3,5-11,13,17,23H,4,12,14-16H2. The highest BCUT2D eigenvalue weighted by atomic mass is 19.4. The molecule has 1 atom stereocenters. The van der Waals surface area contributed by atoms with Crippen LogP contribution in [0.25, 0.3) is 0 Å². The summed E-state index contributed by atoms with van der Waals surface area (Å²) < 4.78 is 43.7. The topological polar surface area (TPSA) is 25.4 Å². The monoisotopic (exact) mass is 412 g/mol. The number of rotatable bonds is 6. The third-order valence-corrected chi connectivity index (χ3v) is 5.42. The van der Waals surface area contributed by atoms with Crippen LogP contribution < -0.4 is 4.74 Å². The fraction of sp³-hybridized carbons (Fsp3) is 0.292. The van der Waals surface area contributed by atoms with E-state index in [0.717, 1.165) is 43.6 Å². The van der Waals surface area contributed by atoms with Crippen molar-refractivity contribution in [2.24, 2.45) is 0 Å². The summed E-state index contributed by atoms with van der Waals surface area (Å²) >= 11 is 0. The number of nitrogens with zero attached hydrogens (tertiary/aromatic N) is 2. The number of benzene rings is 2. The van der Waals surface area contributed by atoms with Gasteiger partial charge in [0.1, 0.15) is 5.75 Å². The first-order valence-electron chi connectivity index (χ1n) is 10.0. The summed E-state index contributed by atoms with van der Waals surface area (Å²) in [6.07, 6.45) is 1.13. The Balaban J connectivity index is 1.39. The number of hydrogen-bond acceptors (Lipinski definition) is 3. The van der Waals surface area contributed by atoms with E-state index < -0.39 is 11.7 Å². The van der Waals surface area contributed by atoms with Crippen LogP contribution in [0.15, 0.2) is 73.1 Å². The van der Waals surface area contributed by atoms with Crippen molar-refractivity contribution >= 4 is 0 Å². The van der Waals surface area contributed by atoms with Gasteiger partial charge in [-0.2, -0.15) is 13.2 Å². The van der Waals surface area contributed by atoms with Gasteiger partial charge in [-0.3, -0.25) is 9.88 Å². The van der Waals surface area contributed by atoms with E-state index >= 15 is 0 Å². The van der Waals surface area contributed by atoms with Gasteiger partial charge >= 0.3 is 6.18 Å². The minimum absolute atomic E-state index is 0.148. The summed E-state index contributed by atoms with van der Waals surface area (Å²) in [6.45, 7) is 2.22. The molecule has 0 radical (unpaired) electrons. The second-order valence-electron chi connectivity index (χ2n) is 7.40. The number of halogens is 3. The third kappa shape index (κ3) is 4.65. The van der Waals surface area contributed by atoms with E-state index in [-0.39, 0.29) is 6.04 Å². The molecule has 2 heterocycles. The van der Waals surface area contributed by atoms with Crippen molar-refractivity contribution < 1.29 is 17.9 Å². The van der Waals surface area contributed by atoms with Gasteiger partial charge in [-0.1, -0.05) is 30.3 Å². The van der Waals surface area contributed by atoms with Crippen LogP contribution in [0.4, 0.5) is 13.2 Å². The Hall–Kier alpha value is -2.86. The molecule has 6 heteroatoms. The van der Waals surface area contributed by atoms with Crippen molar-refractivity contribution in [1.82, 2.24) is 9.88 Å². The predicted octanol–water partition coefficient (Wildman–Crippen LogP) is 5.52. The first kappa shape index (κ1) is 20.4. The zero-order valence-electron chi connectivity index (χ0n) is 16.5. The molecular formula is C24H23F3N2O. The van der Waals surface area contributed by atoms with E-state index in [4.69, 9.17) is 4.74 Å². The van der Waals surface area contributed by atoms with Crippen LogP contribution in [0.5, 0.6) is 5.75 Å². The molecule has 0 aliphatic carbocycles. The van der Waals surface area contributed by atoms with Crippen molar-refractivity contribution in [1.29, 1.82) is 0 Å². The summed E-state index contributed by atoms with van der Waals surface area (Å²) in [5.41, 5.74) is 3.17. The molecule has 0 N–H and O–H groups in total. The molecule has 0 saturated heterocycles. The zero-order chi connectivity index (χ0) is 21.0. The van der Waals surface area contributed by atoms with Crippen LogP contribution in [0.3, 0.4) is 0 Å². The molecule has 3 nitrogen and oxygen atoms in total. The predicted molar refractivity (Wildman–Crippen MR) is 109 cm³/mol. The Morgan fingerprint density at radius 1 is 1.00 bits per heavy atom. The van der Waals surface area contributed by atoms with Crippen LogP contribution in [-0.2, 0) is 12.6 Å². The van der Waals surface area contributed by atoms with Crippen molar-refractivity contribution in [3.63, 3.8) is 0 Å². The molecule has 1 aromatic heterocycles. The van der Waals surface area contributed by atoms with Gasteiger partial charge in [-0.25, -0.2) is 0 Å². The van der Waals surface area contributed by atoms with E-state index in [9.17, 15) is 13.2 Å². The summed E-state index contributed by atoms with van der Waals surface area (Å²) in [5, 5.41) is 0. The van der Waals surface area contributed by atoms with Gasteiger partial charge in [0.15, 0.2) is 0 Å². The van der Waals surface area contributed by atoms with Gasteiger partial charge in [0.25, 0.3) is 0 Å². The van der Waals surface area contributed by atoms with Gasteiger partial charge < -0.3 is 4.74 Å². The molecule has 1 unspecified atom stereocenters. The van der Waals surface area contributed by atoms with Gasteiger partial charge in [-0.15, -0.1) is 0 Å². The smallest absolute Gasteiger partial charge is 0.416 e. The van der Waals surface area contributed by atoms with Gasteiger partial charge in [0.2, 0.25) is 0 Å². The maximum Gasteiger partial charge on any atom is 0.416 e. The molecule has 0 bridgehead atoms. The Bertz CT molecular complexity index is 958. The normalized spacial score (nSPS) is 16.8. The number of hydrogen-bond donors (Lipinski definition) is 0. The average molecular weight is 412 g/mol. The first-order chi connectivity index (χ1) is 14.5. The van der Waals surface area contributed by atoms with E-state index in [1.807, 2.05) is 12.3 Å². The zero-order valence-corrected chi connectivity index (χ0v) is 16.5. The maximum absolute atomic E-state index is 12.7. The fourth-order valence-corrected chi connectivity index (χ4v) is 3.99. The highest BCUT2D eigenvalue weighted by molar-refractivity contribution is 5.38. The number of pyridine rings is 1. The summed E-state index contributed by atoms with van der Waals surface area (Å²) in [7, 11) is 0. The van der Waals surface area contributed by atoms with Crippen molar-refractivity contribution in [2.45, 2.75) is 25.1 Å². The summed E-state index contributed by atoms with van der Waals surface area (Å²) in [5.74, 6) is 0.454. The molecule has 4 rings (SSSR count).